The Morgan fingerprint density at radius 2 is 1.40 bits per heavy atom. The third-order valence-corrected chi connectivity index (χ3v) is 2.24. The molecule has 0 aromatic rings. The minimum atomic E-state index is -2.14. The van der Waals surface area contributed by atoms with Gasteiger partial charge in [-0.2, -0.15) is 0 Å². The van der Waals surface area contributed by atoms with Gasteiger partial charge in [0.1, 0.15) is 6.67 Å². The second kappa shape index (κ2) is 5.73. The van der Waals surface area contributed by atoms with Crippen molar-refractivity contribution >= 4 is 0 Å². The van der Waals surface area contributed by atoms with Crippen LogP contribution in [0.15, 0.2) is 0 Å². The summed E-state index contributed by atoms with van der Waals surface area (Å²) in [7, 11) is 0. The van der Waals surface area contributed by atoms with Crippen LogP contribution in [-0.4, -0.2) is 61.3 Å². The molecule has 1 fully saturated rings. The Bertz CT molecular complexity index is 440. The molecule has 0 amide bonds. The molecule has 1 atom stereocenters. The Balaban J connectivity index is 3.06. The monoisotopic (exact) mass is 296 g/mol. The van der Waals surface area contributed by atoms with Crippen LogP contribution in [0.5, 0.6) is 0 Å². The first-order chi connectivity index (χ1) is 9.23. The van der Waals surface area contributed by atoms with Gasteiger partial charge in [0.15, 0.2) is 15.1 Å². The highest BCUT2D eigenvalue weighted by atomic mass is 16.7. The largest absolute Gasteiger partial charge is 0.398 e. The van der Waals surface area contributed by atoms with Gasteiger partial charge in [0.05, 0.1) is 4.92 Å². The van der Waals surface area contributed by atoms with E-state index < -0.39 is 46.3 Å². The highest BCUT2D eigenvalue weighted by Gasteiger charge is 2.44. The van der Waals surface area contributed by atoms with Gasteiger partial charge >= 0.3 is 6.29 Å². The quantitative estimate of drug-likeness (QED) is 0.423. The van der Waals surface area contributed by atoms with Crippen LogP contribution >= 0.6 is 0 Å². The predicted octanol–water partition coefficient (Wildman–Crippen LogP) is -2.50. The molecule has 1 heterocycles. The average Bonchev–Trinajstić information content (AvgIpc) is 2.26. The first-order valence-electron chi connectivity index (χ1n) is 4.80. The van der Waals surface area contributed by atoms with E-state index in [1.165, 1.54) is 0 Å². The summed E-state index contributed by atoms with van der Waals surface area (Å²) in [5.74, 6) is 0. The second-order valence-electron chi connectivity index (χ2n) is 3.47. The predicted molar refractivity (Wildman–Crippen MR) is 55.0 cm³/mol. The van der Waals surface area contributed by atoms with E-state index in [9.17, 15) is 40.5 Å². The third-order valence-electron chi connectivity index (χ3n) is 2.24. The minimum absolute atomic E-state index is 0.0416. The number of hydrogen-bond acceptors (Lipinski definition) is 9. The van der Waals surface area contributed by atoms with E-state index >= 15 is 0 Å². The van der Waals surface area contributed by atoms with Crippen molar-refractivity contribution in [3.05, 3.63) is 40.5 Å². The molecule has 0 bridgehead atoms. The zero-order valence-electron chi connectivity index (χ0n) is 9.60. The average molecular weight is 296 g/mol. The maximum Gasteiger partial charge on any atom is 0.398 e. The maximum absolute atomic E-state index is 10.7. The van der Waals surface area contributed by atoms with Gasteiger partial charge in [-0.15, -0.1) is 0 Å². The molecule has 1 aliphatic heterocycles. The summed E-state index contributed by atoms with van der Waals surface area (Å²) in [6.45, 7) is -2.78. The van der Waals surface area contributed by atoms with Crippen LogP contribution in [0.4, 0.5) is 0 Å². The zero-order chi connectivity index (χ0) is 15.4. The van der Waals surface area contributed by atoms with Crippen LogP contribution in [0.2, 0.25) is 0 Å². The minimum Gasteiger partial charge on any atom is -0.261 e. The molecule has 20 heavy (non-hydrogen) atoms. The lowest BCUT2D eigenvalue weighted by Gasteiger charge is -2.27. The molecule has 0 aromatic carbocycles. The van der Waals surface area contributed by atoms with Gasteiger partial charge in [-0.25, -0.2) is 35.7 Å². The highest BCUT2D eigenvalue weighted by molar-refractivity contribution is 4.55. The Morgan fingerprint density at radius 3 is 1.80 bits per heavy atom. The van der Waals surface area contributed by atoms with E-state index in [2.05, 4.69) is 0 Å². The van der Waals surface area contributed by atoms with Crippen molar-refractivity contribution in [1.82, 2.24) is 20.3 Å². The molecule has 0 aromatic heterocycles. The summed E-state index contributed by atoms with van der Waals surface area (Å²) < 4.78 is 0. The van der Waals surface area contributed by atoms with E-state index in [1.54, 1.807) is 0 Å². The molecule has 0 spiro atoms. The fourth-order valence-electron chi connectivity index (χ4n) is 1.36. The normalized spacial score (nSPS) is 20.0. The number of hydrazine groups is 3. The molecule has 16 heteroatoms. The second-order valence-corrected chi connectivity index (χ2v) is 3.47. The van der Waals surface area contributed by atoms with Crippen molar-refractivity contribution in [2.24, 2.45) is 0 Å². The van der Waals surface area contributed by atoms with E-state index in [1.807, 2.05) is 5.32 Å². The van der Waals surface area contributed by atoms with Crippen molar-refractivity contribution in [3.63, 3.8) is 0 Å². The lowest BCUT2D eigenvalue weighted by molar-refractivity contribution is -0.776. The molecule has 0 saturated carbocycles. The van der Waals surface area contributed by atoms with E-state index in [-0.39, 0.29) is 15.0 Å². The van der Waals surface area contributed by atoms with Crippen molar-refractivity contribution in [1.29, 1.82) is 0 Å². The van der Waals surface area contributed by atoms with Crippen LogP contribution in [-0.2, 0) is 0 Å². The topological polar surface area (TPSA) is 194 Å². The van der Waals surface area contributed by atoms with Gasteiger partial charge in [-0.05, 0) is 5.01 Å². The van der Waals surface area contributed by atoms with Crippen LogP contribution in [0, 0.1) is 40.5 Å². The van der Waals surface area contributed by atoms with Gasteiger partial charge in [0, 0.05) is 0 Å². The molecule has 1 saturated heterocycles. The Hall–Kier alpha value is -3.04. The van der Waals surface area contributed by atoms with E-state index in [0.29, 0.717) is 0 Å². The molecule has 1 N–H and O–H groups in total. The molecule has 0 aliphatic carbocycles. The van der Waals surface area contributed by atoms with Gasteiger partial charge in [0.2, 0.25) is 13.3 Å². The molecule has 1 rings (SSSR count). The smallest absolute Gasteiger partial charge is 0.261 e. The van der Waals surface area contributed by atoms with Crippen molar-refractivity contribution in [3.8, 4) is 0 Å². The van der Waals surface area contributed by atoms with E-state index in [4.69, 9.17) is 0 Å². The van der Waals surface area contributed by atoms with Crippen LogP contribution in [0.1, 0.15) is 0 Å². The van der Waals surface area contributed by atoms with Crippen LogP contribution in [0.3, 0.4) is 0 Å². The summed E-state index contributed by atoms with van der Waals surface area (Å²) in [6, 6.07) is 0. The van der Waals surface area contributed by atoms with Gasteiger partial charge in [0.25, 0.3) is 0 Å². The number of rotatable bonds is 4. The number of nitrogens with one attached hydrogen (secondary N) is 1. The van der Waals surface area contributed by atoms with Gasteiger partial charge < -0.3 is 0 Å². The molecular formula is C4H8N8O8. The molecule has 16 nitrogen and oxygen atoms in total. The van der Waals surface area contributed by atoms with Gasteiger partial charge in [-0.3, -0.25) is 10.1 Å². The standard InChI is InChI=1S/C4H8N8O8/c13-9(14)4-5-1-6(10(15)16)2-7(11(17)18)3-8(4)12(19)20/h4-5H,1-3H2. The summed E-state index contributed by atoms with van der Waals surface area (Å²) in [5.41, 5.74) is 0. The fraction of sp³-hybridized carbons (Fsp3) is 1.00. The lowest BCUT2D eigenvalue weighted by atomic mass is 10.6. The highest BCUT2D eigenvalue weighted by Crippen LogP contribution is 2.06. The zero-order valence-corrected chi connectivity index (χ0v) is 9.60. The Kier molecular flexibility index (Phi) is 4.31. The van der Waals surface area contributed by atoms with Crippen molar-refractivity contribution in [2.45, 2.75) is 6.29 Å². The maximum atomic E-state index is 10.7. The van der Waals surface area contributed by atoms with E-state index in [0.717, 1.165) is 0 Å². The van der Waals surface area contributed by atoms with Gasteiger partial charge in [-0.1, -0.05) is 10.0 Å². The Morgan fingerprint density at radius 1 is 0.850 bits per heavy atom. The number of nitrogens with zero attached hydrogens (tertiary/aromatic N) is 7. The first-order valence-corrected chi connectivity index (χ1v) is 4.80. The van der Waals surface area contributed by atoms with Crippen LogP contribution in [0.25, 0.3) is 0 Å². The molecule has 1 aliphatic rings. The number of hydrogen-bond donors (Lipinski definition) is 1. The number of nitro groups is 4. The van der Waals surface area contributed by atoms with Crippen molar-refractivity contribution < 1.29 is 20.0 Å². The summed E-state index contributed by atoms with van der Waals surface area (Å²) >= 11 is 0. The first kappa shape index (κ1) is 15.0. The summed E-state index contributed by atoms with van der Waals surface area (Å²) in [5, 5.41) is 41.7. The summed E-state index contributed by atoms with van der Waals surface area (Å²) in [4.78, 5) is 41.6. The molecule has 0 radical (unpaired) electrons. The third kappa shape index (κ3) is 3.25. The van der Waals surface area contributed by atoms with Crippen molar-refractivity contribution in [2.75, 3.05) is 20.0 Å². The summed E-state index contributed by atoms with van der Waals surface area (Å²) in [6.07, 6.45) is -2.14. The molecule has 112 valence electrons. The lowest BCUT2D eigenvalue weighted by Crippen LogP contribution is -2.63. The molecular weight excluding hydrogens is 288 g/mol. The fourth-order valence-corrected chi connectivity index (χ4v) is 1.36. The Labute approximate surface area is 108 Å². The van der Waals surface area contributed by atoms with Crippen LogP contribution < -0.4 is 5.32 Å². The SMILES string of the molecule is O=[N+]([O-])C1NCN([N+](=O)[O-])CN([N+](=O)[O-])CN1[N+](=O)[O-]. The molecule has 1 unspecified atom stereocenters.